The van der Waals surface area contributed by atoms with Crippen molar-refractivity contribution < 1.29 is 9.57 Å². The fraction of sp³-hybridized carbons (Fsp3) is 0.647. The van der Waals surface area contributed by atoms with Crippen LogP contribution in [0.15, 0.2) is 18.2 Å². The third-order valence-electron chi connectivity index (χ3n) is 4.95. The predicted octanol–water partition coefficient (Wildman–Crippen LogP) is 3.02. The van der Waals surface area contributed by atoms with Crippen molar-refractivity contribution in [2.75, 3.05) is 32.8 Å². The van der Waals surface area contributed by atoms with Crippen molar-refractivity contribution in [3.63, 3.8) is 0 Å². The molecule has 0 saturated carbocycles. The van der Waals surface area contributed by atoms with Crippen LogP contribution in [-0.4, -0.2) is 43.9 Å². The molecule has 1 aromatic rings. The van der Waals surface area contributed by atoms with Crippen molar-refractivity contribution in [3.05, 3.63) is 29.3 Å². The third-order valence-corrected chi connectivity index (χ3v) is 5.75. The van der Waals surface area contributed by atoms with Gasteiger partial charge in [-0.05, 0) is 66.4 Å². The highest BCUT2D eigenvalue weighted by Gasteiger charge is 2.39. The number of hydrogen-bond acceptors (Lipinski definition) is 4. The lowest BCUT2D eigenvalue weighted by molar-refractivity contribution is -0.199. The van der Waals surface area contributed by atoms with Crippen LogP contribution in [0, 0.1) is 11.8 Å². The van der Waals surface area contributed by atoms with Gasteiger partial charge in [0, 0.05) is 12.6 Å². The Morgan fingerprint density at radius 3 is 2.81 bits per heavy atom. The molecule has 1 saturated heterocycles. The Morgan fingerprint density at radius 2 is 2.10 bits per heavy atom. The Hall–Kier alpha value is -0.710. The molecule has 0 amide bonds. The minimum absolute atomic E-state index is 0.536. The molecule has 3 nitrogen and oxygen atoms in total. The molecule has 0 spiro atoms. The number of methoxy groups -OCH3 is 1. The van der Waals surface area contributed by atoms with Gasteiger partial charge in [0.25, 0.3) is 0 Å². The summed E-state index contributed by atoms with van der Waals surface area (Å²) in [5, 5.41) is 2.24. The van der Waals surface area contributed by atoms with E-state index in [2.05, 4.69) is 29.5 Å². The fourth-order valence-electron chi connectivity index (χ4n) is 3.97. The lowest BCUT2D eigenvalue weighted by Gasteiger charge is -2.46. The first kappa shape index (κ1) is 15.2. The number of piperidine rings is 1. The van der Waals surface area contributed by atoms with Gasteiger partial charge in [-0.1, -0.05) is 6.07 Å². The highest BCUT2D eigenvalue weighted by molar-refractivity contribution is 7.98. The maximum absolute atomic E-state index is 5.70. The monoisotopic (exact) mass is 307 g/mol. The molecule has 0 bridgehead atoms. The molecule has 116 valence electrons. The molecule has 3 unspecified atom stereocenters. The van der Waals surface area contributed by atoms with E-state index in [0.29, 0.717) is 12.0 Å². The van der Waals surface area contributed by atoms with Crippen LogP contribution in [0.1, 0.15) is 17.5 Å². The number of nitrogens with zero attached hydrogens (tertiary/aromatic N) is 1. The average Bonchev–Trinajstić information content (AvgIpc) is 2.52. The lowest BCUT2D eigenvalue weighted by atomic mass is 9.73. The molecular formula is C17H25NO2S. The van der Waals surface area contributed by atoms with E-state index in [-0.39, 0.29) is 0 Å². The van der Waals surface area contributed by atoms with Crippen LogP contribution in [0.3, 0.4) is 0 Å². The molecule has 0 N–H and O–H groups in total. The van der Waals surface area contributed by atoms with Crippen LogP contribution in [0.25, 0.3) is 0 Å². The molecule has 1 heterocycles. The predicted molar refractivity (Wildman–Crippen MR) is 87.9 cm³/mol. The van der Waals surface area contributed by atoms with Crippen LogP contribution in [0.2, 0.25) is 0 Å². The molecule has 1 aliphatic heterocycles. The Kier molecular flexibility index (Phi) is 4.77. The van der Waals surface area contributed by atoms with Crippen molar-refractivity contribution in [1.29, 1.82) is 0 Å². The summed E-state index contributed by atoms with van der Waals surface area (Å²) in [6.07, 6.45) is 5.78. The Balaban J connectivity index is 1.82. The number of thioether (sulfide) groups is 1. The zero-order chi connectivity index (χ0) is 14.8. The SMILES string of the molecule is COc1ccc2c(c1)CC1CC(CSC)CN(OC)C1C2. The van der Waals surface area contributed by atoms with Crippen molar-refractivity contribution in [2.24, 2.45) is 11.8 Å². The summed E-state index contributed by atoms with van der Waals surface area (Å²) in [5.41, 5.74) is 2.93. The van der Waals surface area contributed by atoms with E-state index in [1.807, 2.05) is 18.9 Å². The second kappa shape index (κ2) is 6.59. The summed E-state index contributed by atoms with van der Waals surface area (Å²) < 4.78 is 5.38. The van der Waals surface area contributed by atoms with Gasteiger partial charge in [0.05, 0.1) is 14.2 Å². The van der Waals surface area contributed by atoms with E-state index in [1.165, 1.54) is 23.3 Å². The first-order valence-electron chi connectivity index (χ1n) is 7.70. The summed E-state index contributed by atoms with van der Waals surface area (Å²) in [5.74, 6) is 3.66. The van der Waals surface area contributed by atoms with Gasteiger partial charge >= 0.3 is 0 Å². The molecule has 2 aliphatic rings. The number of benzene rings is 1. The van der Waals surface area contributed by atoms with Crippen molar-refractivity contribution >= 4 is 11.8 Å². The van der Waals surface area contributed by atoms with Crippen molar-refractivity contribution in [1.82, 2.24) is 5.06 Å². The second-order valence-corrected chi connectivity index (χ2v) is 7.12. The zero-order valence-corrected chi connectivity index (χ0v) is 14.0. The van der Waals surface area contributed by atoms with E-state index in [1.54, 1.807) is 7.11 Å². The minimum atomic E-state index is 0.536. The molecule has 21 heavy (non-hydrogen) atoms. The maximum atomic E-state index is 5.70. The van der Waals surface area contributed by atoms with Crippen LogP contribution in [0.4, 0.5) is 0 Å². The number of rotatable bonds is 4. The van der Waals surface area contributed by atoms with Crippen LogP contribution < -0.4 is 4.74 Å². The van der Waals surface area contributed by atoms with E-state index in [0.717, 1.165) is 31.1 Å². The molecule has 4 heteroatoms. The van der Waals surface area contributed by atoms with Crippen molar-refractivity contribution in [3.8, 4) is 5.75 Å². The summed E-state index contributed by atoms with van der Waals surface area (Å²) >= 11 is 1.95. The molecule has 0 radical (unpaired) electrons. The normalized spacial score (nSPS) is 28.8. The second-order valence-electron chi connectivity index (χ2n) is 6.21. The molecule has 1 fully saturated rings. The summed E-state index contributed by atoms with van der Waals surface area (Å²) in [6, 6.07) is 7.07. The average molecular weight is 307 g/mol. The number of hydrogen-bond donors (Lipinski definition) is 0. The first-order chi connectivity index (χ1) is 10.2. The topological polar surface area (TPSA) is 21.7 Å². The molecule has 1 aliphatic carbocycles. The standard InChI is InChI=1S/C17H25NO2S/c1-19-16-5-4-13-9-17-15(7-14(13)8-16)6-12(11-21-3)10-18(17)20-2/h4-5,8,12,15,17H,6-7,9-11H2,1-3H3. The van der Waals surface area contributed by atoms with E-state index in [4.69, 9.17) is 9.57 Å². The van der Waals surface area contributed by atoms with E-state index >= 15 is 0 Å². The number of ether oxygens (including phenoxy) is 1. The number of hydroxylamine groups is 2. The molecular weight excluding hydrogens is 282 g/mol. The highest BCUT2D eigenvalue weighted by atomic mass is 32.2. The molecule has 3 rings (SSSR count). The smallest absolute Gasteiger partial charge is 0.119 e. The van der Waals surface area contributed by atoms with E-state index < -0.39 is 0 Å². The van der Waals surface area contributed by atoms with Gasteiger partial charge in [-0.25, -0.2) is 0 Å². The Morgan fingerprint density at radius 1 is 1.24 bits per heavy atom. The van der Waals surface area contributed by atoms with Gasteiger partial charge in [-0.2, -0.15) is 16.8 Å². The van der Waals surface area contributed by atoms with Gasteiger partial charge in [0.2, 0.25) is 0 Å². The van der Waals surface area contributed by atoms with Gasteiger partial charge in [-0.3, -0.25) is 0 Å². The zero-order valence-electron chi connectivity index (χ0n) is 13.2. The molecule has 1 aromatic carbocycles. The molecule has 3 atom stereocenters. The highest BCUT2D eigenvalue weighted by Crippen LogP contribution is 2.38. The number of fused-ring (bicyclic) bond motifs is 2. The van der Waals surface area contributed by atoms with Gasteiger partial charge in [0.15, 0.2) is 0 Å². The van der Waals surface area contributed by atoms with Crippen LogP contribution in [-0.2, 0) is 17.7 Å². The Bertz CT molecular complexity index is 494. The summed E-state index contributed by atoms with van der Waals surface area (Å²) in [7, 11) is 3.57. The van der Waals surface area contributed by atoms with Crippen LogP contribution >= 0.6 is 11.8 Å². The summed E-state index contributed by atoms with van der Waals surface area (Å²) in [4.78, 5) is 5.70. The van der Waals surface area contributed by atoms with Crippen molar-refractivity contribution in [2.45, 2.75) is 25.3 Å². The summed E-state index contributed by atoms with van der Waals surface area (Å²) in [6.45, 7) is 1.07. The largest absolute Gasteiger partial charge is 0.497 e. The van der Waals surface area contributed by atoms with Crippen LogP contribution in [0.5, 0.6) is 5.75 Å². The lowest BCUT2D eigenvalue weighted by Crippen LogP contribution is -2.52. The quantitative estimate of drug-likeness (QED) is 0.852. The van der Waals surface area contributed by atoms with Gasteiger partial charge in [0.1, 0.15) is 5.75 Å². The first-order valence-corrected chi connectivity index (χ1v) is 9.10. The third kappa shape index (κ3) is 3.08. The maximum Gasteiger partial charge on any atom is 0.119 e. The minimum Gasteiger partial charge on any atom is -0.497 e. The molecule has 0 aromatic heterocycles. The Labute approximate surface area is 131 Å². The van der Waals surface area contributed by atoms with Gasteiger partial charge in [-0.15, -0.1) is 0 Å². The van der Waals surface area contributed by atoms with E-state index in [9.17, 15) is 0 Å². The van der Waals surface area contributed by atoms with Gasteiger partial charge < -0.3 is 9.57 Å². The fourth-order valence-corrected chi connectivity index (χ4v) is 4.68.